The third-order valence-corrected chi connectivity index (χ3v) is 4.58. The summed E-state index contributed by atoms with van der Waals surface area (Å²) in [6, 6.07) is 5.78. The third kappa shape index (κ3) is 3.42. The summed E-state index contributed by atoms with van der Waals surface area (Å²) in [6.07, 6.45) is 1.49. The van der Waals surface area contributed by atoms with Gasteiger partial charge in [-0.1, -0.05) is 42.3 Å². The maximum absolute atomic E-state index is 6.44. The molecule has 2 rings (SSSR count). The van der Waals surface area contributed by atoms with E-state index in [1.165, 1.54) is 0 Å². The second kappa shape index (κ2) is 6.82. The van der Waals surface area contributed by atoms with Crippen molar-refractivity contribution in [2.45, 2.75) is 46.2 Å². The number of aryl methyl sites for hydroxylation is 3. The Morgan fingerprint density at radius 2 is 2.00 bits per heavy atom. The second-order valence-electron chi connectivity index (χ2n) is 5.20. The van der Waals surface area contributed by atoms with Gasteiger partial charge in [0.2, 0.25) is 0 Å². The molecule has 2 N–H and O–H groups in total. The van der Waals surface area contributed by atoms with Crippen molar-refractivity contribution < 1.29 is 0 Å². The van der Waals surface area contributed by atoms with Gasteiger partial charge in [-0.05, 0) is 37.5 Å². The Morgan fingerprint density at radius 3 is 2.57 bits per heavy atom. The molecule has 0 saturated heterocycles. The molecule has 1 aromatic carbocycles. The fourth-order valence-electron chi connectivity index (χ4n) is 2.44. The van der Waals surface area contributed by atoms with Crippen molar-refractivity contribution in [3.8, 4) is 0 Å². The summed E-state index contributed by atoms with van der Waals surface area (Å²) in [5, 5.41) is 6.04. The number of nitrogens with zero attached hydrogens (tertiary/aromatic N) is 2. The lowest BCUT2D eigenvalue weighted by Crippen LogP contribution is -2.16. The van der Waals surface area contributed by atoms with Gasteiger partial charge in [0, 0.05) is 24.0 Å². The molecule has 0 aliphatic rings. The van der Waals surface area contributed by atoms with Crippen LogP contribution < -0.4 is 5.73 Å². The monoisotopic (exact) mass is 325 g/mol. The molecule has 114 valence electrons. The molecule has 2 aromatic rings. The van der Waals surface area contributed by atoms with E-state index in [-0.39, 0.29) is 6.04 Å². The molecule has 0 fully saturated rings. The first-order valence-corrected chi connectivity index (χ1v) is 7.99. The Kier molecular flexibility index (Phi) is 5.31. The molecule has 0 saturated carbocycles. The predicted molar refractivity (Wildman–Crippen MR) is 89.1 cm³/mol. The molecule has 3 nitrogen and oxygen atoms in total. The molecule has 0 radical (unpaired) electrons. The minimum absolute atomic E-state index is 0.120. The van der Waals surface area contributed by atoms with Crippen LogP contribution in [0.15, 0.2) is 18.2 Å². The molecule has 0 aliphatic carbocycles. The first-order valence-electron chi connectivity index (χ1n) is 7.23. The quantitative estimate of drug-likeness (QED) is 0.889. The summed E-state index contributed by atoms with van der Waals surface area (Å²) < 4.78 is 1.95. The fraction of sp³-hybridized carbons (Fsp3) is 0.438. The molecular weight excluding hydrogens is 305 g/mol. The van der Waals surface area contributed by atoms with Gasteiger partial charge in [0.15, 0.2) is 0 Å². The normalized spacial score (nSPS) is 12.7. The largest absolute Gasteiger partial charge is 0.324 e. The Bertz CT molecular complexity index is 635. The number of hydrogen-bond donors (Lipinski definition) is 1. The van der Waals surface area contributed by atoms with Gasteiger partial charge >= 0.3 is 0 Å². The zero-order valence-corrected chi connectivity index (χ0v) is 14.2. The Balaban J connectivity index is 2.28. The van der Waals surface area contributed by atoms with Gasteiger partial charge in [-0.2, -0.15) is 5.10 Å². The first-order chi connectivity index (χ1) is 9.97. The van der Waals surface area contributed by atoms with Crippen LogP contribution in [-0.4, -0.2) is 9.78 Å². The van der Waals surface area contributed by atoms with E-state index >= 15 is 0 Å². The highest BCUT2D eigenvalue weighted by atomic mass is 35.5. The van der Waals surface area contributed by atoms with Crippen LogP contribution in [0.1, 0.15) is 42.4 Å². The summed E-state index contributed by atoms with van der Waals surface area (Å²) in [6.45, 7) is 6.89. The molecule has 0 spiro atoms. The summed E-state index contributed by atoms with van der Waals surface area (Å²) >= 11 is 12.5. The van der Waals surface area contributed by atoms with Crippen molar-refractivity contribution in [2.75, 3.05) is 0 Å². The van der Waals surface area contributed by atoms with E-state index < -0.39 is 0 Å². The average molecular weight is 326 g/mol. The van der Waals surface area contributed by atoms with Crippen molar-refractivity contribution in [1.29, 1.82) is 0 Å². The van der Waals surface area contributed by atoms with Crippen LogP contribution in [0.2, 0.25) is 10.0 Å². The highest BCUT2D eigenvalue weighted by Crippen LogP contribution is 2.27. The molecule has 1 unspecified atom stereocenters. The lowest BCUT2D eigenvalue weighted by molar-refractivity contribution is 0.585. The average Bonchev–Trinajstić information content (AvgIpc) is 2.78. The summed E-state index contributed by atoms with van der Waals surface area (Å²) in [4.78, 5) is 0. The minimum Gasteiger partial charge on any atom is -0.324 e. The zero-order valence-electron chi connectivity index (χ0n) is 12.7. The number of hydrogen-bond acceptors (Lipinski definition) is 2. The van der Waals surface area contributed by atoms with Gasteiger partial charge in [-0.25, -0.2) is 0 Å². The molecule has 1 atom stereocenters. The van der Waals surface area contributed by atoms with E-state index in [0.717, 1.165) is 45.5 Å². The van der Waals surface area contributed by atoms with E-state index in [2.05, 4.69) is 18.9 Å². The second-order valence-corrected chi connectivity index (χ2v) is 5.98. The van der Waals surface area contributed by atoms with Crippen molar-refractivity contribution in [3.05, 3.63) is 50.8 Å². The summed E-state index contributed by atoms with van der Waals surface area (Å²) in [7, 11) is 0. The highest BCUT2D eigenvalue weighted by molar-refractivity contribution is 6.32. The number of benzene rings is 1. The minimum atomic E-state index is -0.120. The lowest BCUT2D eigenvalue weighted by atomic mass is 10.0. The van der Waals surface area contributed by atoms with E-state index in [0.29, 0.717) is 6.42 Å². The van der Waals surface area contributed by atoms with Gasteiger partial charge in [0.25, 0.3) is 0 Å². The van der Waals surface area contributed by atoms with Crippen LogP contribution in [0.3, 0.4) is 0 Å². The standard InChI is InChI=1S/C16H21Cl2N3/c1-4-14-16(18)15(21(5-2)20-14)9-13(19)11-6-7-12(17)10(3)8-11/h6-8,13H,4-5,9,19H2,1-3H3. The molecule has 1 heterocycles. The molecular formula is C16H21Cl2N3. The van der Waals surface area contributed by atoms with Crippen LogP contribution >= 0.6 is 23.2 Å². The Morgan fingerprint density at radius 1 is 1.29 bits per heavy atom. The lowest BCUT2D eigenvalue weighted by Gasteiger charge is -2.14. The smallest absolute Gasteiger partial charge is 0.0850 e. The van der Waals surface area contributed by atoms with E-state index in [9.17, 15) is 0 Å². The SMILES string of the molecule is CCc1nn(CC)c(CC(N)c2ccc(Cl)c(C)c2)c1Cl. The van der Waals surface area contributed by atoms with E-state index in [1.807, 2.05) is 29.8 Å². The summed E-state index contributed by atoms with van der Waals surface area (Å²) in [5.74, 6) is 0. The Hall–Kier alpha value is -1.03. The first kappa shape index (κ1) is 16.3. The van der Waals surface area contributed by atoms with Crippen molar-refractivity contribution in [3.63, 3.8) is 0 Å². The maximum atomic E-state index is 6.44. The van der Waals surface area contributed by atoms with Gasteiger partial charge in [-0.15, -0.1) is 0 Å². The summed E-state index contributed by atoms with van der Waals surface area (Å²) in [5.41, 5.74) is 10.4. The predicted octanol–water partition coefficient (Wildman–Crippen LogP) is 4.32. The molecule has 0 aliphatic heterocycles. The number of aromatic nitrogens is 2. The highest BCUT2D eigenvalue weighted by Gasteiger charge is 2.18. The zero-order chi connectivity index (χ0) is 15.6. The Labute approximate surface area is 136 Å². The molecule has 5 heteroatoms. The van der Waals surface area contributed by atoms with Crippen molar-refractivity contribution in [2.24, 2.45) is 5.73 Å². The molecule has 1 aromatic heterocycles. The number of nitrogens with two attached hydrogens (primary N) is 1. The van der Waals surface area contributed by atoms with Gasteiger partial charge < -0.3 is 5.73 Å². The van der Waals surface area contributed by atoms with Crippen LogP contribution in [0.4, 0.5) is 0 Å². The van der Waals surface area contributed by atoms with E-state index in [1.54, 1.807) is 0 Å². The molecule has 21 heavy (non-hydrogen) atoms. The fourth-order valence-corrected chi connectivity index (χ4v) is 2.90. The van der Waals surface area contributed by atoms with Crippen LogP contribution in [0, 0.1) is 6.92 Å². The molecule has 0 bridgehead atoms. The van der Waals surface area contributed by atoms with Crippen molar-refractivity contribution in [1.82, 2.24) is 9.78 Å². The van der Waals surface area contributed by atoms with Gasteiger partial charge in [-0.3, -0.25) is 4.68 Å². The van der Waals surface area contributed by atoms with Crippen LogP contribution in [0.25, 0.3) is 0 Å². The van der Waals surface area contributed by atoms with Gasteiger partial charge in [0.05, 0.1) is 16.4 Å². The maximum Gasteiger partial charge on any atom is 0.0850 e. The van der Waals surface area contributed by atoms with E-state index in [4.69, 9.17) is 28.9 Å². The number of rotatable bonds is 5. The third-order valence-electron chi connectivity index (χ3n) is 3.72. The van der Waals surface area contributed by atoms with Gasteiger partial charge in [0.1, 0.15) is 0 Å². The van der Waals surface area contributed by atoms with Crippen molar-refractivity contribution >= 4 is 23.2 Å². The van der Waals surface area contributed by atoms with Crippen LogP contribution in [-0.2, 0) is 19.4 Å². The topological polar surface area (TPSA) is 43.8 Å². The van der Waals surface area contributed by atoms with Crippen LogP contribution in [0.5, 0.6) is 0 Å². The molecule has 0 amide bonds. The number of halogens is 2.